The number of piperazine rings is 1. The van der Waals surface area contributed by atoms with Crippen molar-refractivity contribution in [3.8, 4) is 11.4 Å². The topological polar surface area (TPSA) is 149 Å². The van der Waals surface area contributed by atoms with Crippen molar-refractivity contribution in [3.63, 3.8) is 0 Å². The van der Waals surface area contributed by atoms with E-state index in [1.165, 1.54) is 0 Å². The number of piperidine rings is 1. The molecule has 0 aliphatic carbocycles. The van der Waals surface area contributed by atoms with E-state index in [-0.39, 0.29) is 31.6 Å². The standard InChI is InChI=1S/C35H51N7O6/c1-4-5-9-24-48-35(47)42-22-20-41(21-23-42)34(46)28(12-13-31(43)44)37-33(45)29-25-30(38-32(36-29)27-10-7-6-8-11-27)40-18-15-26(16-19-40)14-17-39(2)3/h6-8,10-11,25-26,28H,4-5,9,12-24H2,1-3H3,(H,37,45)(H,43,44)/t28-/m0/s1. The van der Waals surface area contributed by atoms with E-state index >= 15 is 0 Å². The molecular weight excluding hydrogens is 614 g/mol. The highest BCUT2D eigenvalue weighted by Gasteiger charge is 2.32. The van der Waals surface area contributed by atoms with Crippen LogP contribution in [0.25, 0.3) is 11.4 Å². The van der Waals surface area contributed by atoms with Crippen LogP contribution in [0.4, 0.5) is 10.6 Å². The first-order valence-corrected chi connectivity index (χ1v) is 17.2. The van der Waals surface area contributed by atoms with E-state index in [0.717, 1.165) is 63.7 Å². The van der Waals surface area contributed by atoms with Gasteiger partial charge in [-0.3, -0.25) is 14.4 Å². The number of nitrogens with one attached hydrogen (secondary N) is 1. The van der Waals surface area contributed by atoms with E-state index < -0.39 is 29.9 Å². The van der Waals surface area contributed by atoms with Crippen LogP contribution in [0.3, 0.4) is 0 Å². The van der Waals surface area contributed by atoms with E-state index in [1.807, 2.05) is 30.3 Å². The molecule has 2 aliphatic heterocycles. The van der Waals surface area contributed by atoms with Crippen LogP contribution < -0.4 is 10.2 Å². The number of ether oxygens (including phenoxy) is 1. The zero-order valence-corrected chi connectivity index (χ0v) is 28.6. The zero-order chi connectivity index (χ0) is 34.5. The van der Waals surface area contributed by atoms with Crippen molar-refractivity contribution in [3.05, 3.63) is 42.1 Å². The van der Waals surface area contributed by atoms with Crippen LogP contribution in [0.5, 0.6) is 0 Å². The lowest BCUT2D eigenvalue weighted by Crippen LogP contribution is -2.56. The number of carbonyl (C=O) groups excluding carboxylic acids is 3. The van der Waals surface area contributed by atoms with Gasteiger partial charge in [-0.25, -0.2) is 14.8 Å². The Hall–Kier alpha value is -4.26. The van der Waals surface area contributed by atoms with E-state index in [0.29, 0.717) is 37.3 Å². The molecule has 4 rings (SSSR count). The summed E-state index contributed by atoms with van der Waals surface area (Å²) >= 11 is 0. The molecule has 3 heterocycles. The van der Waals surface area contributed by atoms with Crippen molar-refractivity contribution in [2.45, 2.75) is 64.3 Å². The maximum atomic E-state index is 13.8. The largest absolute Gasteiger partial charge is 0.481 e. The predicted molar refractivity (Wildman–Crippen MR) is 183 cm³/mol. The number of benzene rings is 1. The van der Waals surface area contributed by atoms with Crippen molar-refractivity contribution in [1.29, 1.82) is 0 Å². The van der Waals surface area contributed by atoms with Gasteiger partial charge in [-0.1, -0.05) is 50.1 Å². The number of aromatic nitrogens is 2. The fourth-order valence-electron chi connectivity index (χ4n) is 6.01. The molecule has 1 aromatic carbocycles. The quantitative estimate of drug-likeness (QED) is 0.270. The van der Waals surface area contributed by atoms with Gasteiger partial charge < -0.3 is 34.8 Å². The number of hydrogen-bond acceptors (Lipinski definition) is 9. The van der Waals surface area contributed by atoms with Crippen LogP contribution in [-0.2, 0) is 14.3 Å². The first-order valence-electron chi connectivity index (χ1n) is 17.2. The van der Waals surface area contributed by atoms with Crippen molar-refractivity contribution in [2.24, 2.45) is 5.92 Å². The highest BCUT2D eigenvalue weighted by Crippen LogP contribution is 2.27. The molecule has 0 saturated carbocycles. The first-order chi connectivity index (χ1) is 23.1. The summed E-state index contributed by atoms with van der Waals surface area (Å²) in [6.45, 7) is 6.19. The molecule has 2 fully saturated rings. The van der Waals surface area contributed by atoms with Gasteiger partial charge in [0.1, 0.15) is 17.6 Å². The maximum absolute atomic E-state index is 13.8. The predicted octanol–water partition coefficient (Wildman–Crippen LogP) is 3.75. The molecule has 1 atom stereocenters. The van der Waals surface area contributed by atoms with Crippen LogP contribution in [0.2, 0.25) is 0 Å². The Labute approximate surface area is 283 Å². The zero-order valence-electron chi connectivity index (χ0n) is 28.6. The van der Waals surface area contributed by atoms with Gasteiger partial charge in [-0.2, -0.15) is 0 Å². The highest BCUT2D eigenvalue weighted by atomic mass is 16.6. The smallest absolute Gasteiger partial charge is 0.409 e. The normalized spacial score (nSPS) is 16.1. The Morgan fingerprint density at radius 1 is 0.979 bits per heavy atom. The number of carboxylic acids is 1. The van der Waals surface area contributed by atoms with Gasteiger partial charge in [-0.15, -0.1) is 0 Å². The number of unbranched alkanes of at least 4 members (excludes halogenated alkanes) is 2. The van der Waals surface area contributed by atoms with Crippen LogP contribution >= 0.6 is 0 Å². The lowest BCUT2D eigenvalue weighted by molar-refractivity contribution is -0.138. The molecule has 0 unspecified atom stereocenters. The van der Waals surface area contributed by atoms with E-state index in [9.17, 15) is 24.3 Å². The van der Waals surface area contributed by atoms with Gasteiger partial charge in [0.25, 0.3) is 5.91 Å². The van der Waals surface area contributed by atoms with Crippen LogP contribution in [-0.4, -0.2) is 126 Å². The van der Waals surface area contributed by atoms with Crippen molar-refractivity contribution in [2.75, 3.05) is 71.4 Å². The van der Waals surface area contributed by atoms with Crippen molar-refractivity contribution < 1.29 is 29.0 Å². The maximum Gasteiger partial charge on any atom is 0.409 e. The number of rotatable bonds is 15. The number of amides is 3. The van der Waals surface area contributed by atoms with E-state index in [2.05, 4.69) is 41.1 Å². The number of carbonyl (C=O) groups is 4. The first kappa shape index (κ1) is 36.6. The molecule has 2 aliphatic rings. The second-order valence-corrected chi connectivity index (χ2v) is 12.9. The molecule has 2 aromatic rings. The fourth-order valence-corrected chi connectivity index (χ4v) is 6.01. The number of anilines is 1. The molecule has 13 nitrogen and oxygen atoms in total. The Bertz CT molecular complexity index is 1360. The Morgan fingerprint density at radius 2 is 1.67 bits per heavy atom. The second-order valence-electron chi connectivity index (χ2n) is 12.9. The summed E-state index contributed by atoms with van der Waals surface area (Å²) in [6, 6.07) is 10.0. The van der Waals surface area contributed by atoms with Gasteiger partial charge in [0.05, 0.1) is 6.61 Å². The van der Waals surface area contributed by atoms with Gasteiger partial charge in [-0.05, 0) is 58.7 Å². The third-order valence-corrected chi connectivity index (χ3v) is 8.97. The number of nitrogens with zero attached hydrogens (tertiary/aromatic N) is 6. The summed E-state index contributed by atoms with van der Waals surface area (Å²) in [5, 5.41) is 12.2. The summed E-state index contributed by atoms with van der Waals surface area (Å²) < 4.78 is 5.36. The summed E-state index contributed by atoms with van der Waals surface area (Å²) in [7, 11) is 4.17. The summed E-state index contributed by atoms with van der Waals surface area (Å²) in [4.78, 5) is 68.3. The molecule has 1 aromatic heterocycles. The van der Waals surface area contributed by atoms with E-state index in [4.69, 9.17) is 9.72 Å². The summed E-state index contributed by atoms with van der Waals surface area (Å²) in [6.07, 6.45) is 5.22. The Kier molecular flexibility index (Phi) is 14.0. The minimum Gasteiger partial charge on any atom is -0.481 e. The SMILES string of the molecule is CCCCCOC(=O)N1CCN(C(=O)[C@H](CCC(=O)O)NC(=O)c2cc(N3CCC(CCN(C)C)CC3)nc(-c3ccccc3)n2)CC1. The lowest BCUT2D eigenvalue weighted by atomic mass is 9.93. The number of aliphatic carboxylic acids is 1. The van der Waals surface area contributed by atoms with Gasteiger partial charge >= 0.3 is 12.1 Å². The molecule has 0 radical (unpaired) electrons. The molecule has 0 bridgehead atoms. The third kappa shape index (κ3) is 10.9. The average molecular weight is 666 g/mol. The van der Waals surface area contributed by atoms with Crippen LogP contribution in [0, 0.1) is 5.92 Å². The lowest BCUT2D eigenvalue weighted by Gasteiger charge is -2.36. The van der Waals surface area contributed by atoms with Gasteiger partial charge in [0, 0.05) is 57.3 Å². The minimum absolute atomic E-state index is 0.0798. The number of carboxylic acid groups (broad SMARTS) is 1. The van der Waals surface area contributed by atoms with E-state index in [1.54, 1.807) is 15.9 Å². The van der Waals surface area contributed by atoms with Crippen LogP contribution in [0.1, 0.15) is 68.8 Å². The van der Waals surface area contributed by atoms with Crippen LogP contribution in [0.15, 0.2) is 36.4 Å². The summed E-state index contributed by atoms with van der Waals surface area (Å²) in [5.41, 5.74) is 0.867. The molecule has 0 spiro atoms. The minimum atomic E-state index is -1.08. The van der Waals surface area contributed by atoms with Gasteiger partial charge in [0.15, 0.2) is 5.82 Å². The average Bonchev–Trinajstić information content (AvgIpc) is 3.11. The second kappa shape index (κ2) is 18.3. The third-order valence-electron chi connectivity index (χ3n) is 8.97. The molecule has 2 saturated heterocycles. The molecule has 13 heteroatoms. The fraction of sp³-hybridized carbons (Fsp3) is 0.600. The molecular formula is C35H51N7O6. The molecule has 262 valence electrons. The van der Waals surface area contributed by atoms with Gasteiger partial charge in [0.2, 0.25) is 5.91 Å². The molecule has 3 amide bonds. The van der Waals surface area contributed by atoms with Crippen molar-refractivity contribution in [1.82, 2.24) is 30.0 Å². The monoisotopic (exact) mass is 665 g/mol. The number of hydrogen-bond donors (Lipinski definition) is 2. The van der Waals surface area contributed by atoms with Crippen molar-refractivity contribution >= 4 is 29.7 Å². The molecule has 48 heavy (non-hydrogen) atoms. The Balaban J connectivity index is 1.47. The highest BCUT2D eigenvalue weighted by molar-refractivity contribution is 5.97. The summed E-state index contributed by atoms with van der Waals surface area (Å²) in [5.74, 6) is -0.360. The Morgan fingerprint density at radius 3 is 2.31 bits per heavy atom. The molecule has 2 N–H and O–H groups in total.